The third kappa shape index (κ3) is 5.31. The van der Waals surface area contributed by atoms with Crippen LogP contribution in [0.15, 0.2) is 52.2 Å². The minimum absolute atomic E-state index is 0.00356. The number of sulfone groups is 1. The molecule has 1 atom stereocenters. The minimum atomic E-state index is -3.83. The smallest absolute Gasteiger partial charge is 0.319 e. The van der Waals surface area contributed by atoms with Crippen LogP contribution in [0.25, 0.3) is 0 Å². The third-order valence-corrected chi connectivity index (χ3v) is 7.31. The van der Waals surface area contributed by atoms with Gasteiger partial charge in [0.15, 0.2) is 9.84 Å². The molecule has 11 heteroatoms. The molecule has 1 fully saturated rings. The van der Waals surface area contributed by atoms with Gasteiger partial charge in [-0.1, -0.05) is 0 Å². The van der Waals surface area contributed by atoms with Gasteiger partial charge < -0.3 is 15.1 Å². The lowest BCUT2D eigenvalue weighted by atomic mass is 10.3. The molecule has 146 valence electrons. The Morgan fingerprint density at radius 1 is 1.19 bits per heavy atom. The number of urea groups is 1. The first-order valence-electron chi connectivity index (χ1n) is 8.12. The third-order valence-electron chi connectivity index (χ3n) is 4.01. The average Bonchev–Trinajstić information content (AvgIpc) is 3.22. The van der Waals surface area contributed by atoms with Crippen LogP contribution in [0.3, 0.4) is 0 Å². The van der Waals surface area contributed by atoms with Crippen molar-refractivity contribution in [2.24, 2.45) is 0 Å². The van der Waals surface area contributed by atoms with Crippen molar-refractivity contribution in [3.8, 4) is 0 Å². The maximum Gasteiger partial charge on any atom is 0.319 e. The molecule has 0 saturated carbocycles. The van der Waals surface area contributed by atoms with Crippen LogP contribution in [0.1, 0.15) is 12.0 Å². The number of furan rings is 1. The van der Waals surface area contributed by atoms with Crippen molar-refractivity contribution in [1.29, 1.82) is 0 Å². The van der Waals surface area contributed by atoms with E-state index in [9.17, 15) is 21.6 Å². The Labute approximate surface area is 157 Å². The Bertz CT molecular complexity index is 999. The second-order valence-electron chi connectivity index (χ2n) is 6.18. The quantitative estimate of drug-likeness (QED) is 0.648. The molecule has 9 nitrogen and oxygen atoms in total. The number of hydrogen-bond donors (Lipinski definition) is 3. The second-order valence-corrected chi connectivity index (χ2v) is 10.1. The molecule has 1 saturated heterocycles. The molecule has 0 radical (unpaired) electrons. The lowest BCUT2D eigenvalue weighted by molar-refractivity contribution is 0.251. The van der Waals surface area contributed by atoms with Crippen LogP contribution in [0.4, 0.5) is 10.5 Å². The van der Waals surface area contributed by atoms with Gasteiger partial charge in [-0.15, -0.1) is 0 Å². The van der Waals surface area contributed by atoms with Gasteiger partial charge in [0, 0.05) is 23.8 Å². The number of benzene rings is 1. The monoisotopic (exact) mass is 413 g/mol. The Balaban J connectivity index is 1.56. The summed E-state index contributed by atoms with van der Waals surface area (Å²) in [6.45, 7) is 0.295. The fourth-order valence-corrected chi connectivity index (χ4v) is 5.69. The molecule has 2 heterocycles. The number of sulfonamides is 1. The predicted octanol–water partition coefficient (Wildman–Crippen LogP) is 1.07. The van der Waals surface area contributed by atoms with Crippen LogP contribution in [0.5, 0.6) is 0 Å². The summed E-state index contributed by atoms with van der Waals surface area (Å²) in [5.41, 5.74) is 1.23. The topological polar surface area (TPSA) is 135 Å². The van der Waals surface area contributed by atoms with Gasteiger partial charge in [-0.2, -0.15) is 0 Å². The van der Waals surface area contributed by atoms with Crippen molar-refractivity contribution in [2.75, 3.05) is 16.8 Å². The van der Waals surface area contributed by atoms with E-state index in [1.807, 2.05) is 0 Å². The Hall–Kier alpha value is -2.37. The lowest BCUT2D eigenvalue weighted by Gasteiger charge is -2.12. The number of amides is 2. The van der Waals surface area contributed by atoms with Crippen molar-refractivity contribution in [3.05, 3.63) is 48.4 Å². The molecule has 1 aliphatic rings. The van der Waals surface area contributed by atoms with Gasteiger partial charge in [-0.25, -0.2) is 26.4 Å². The fourth-order valence-electron chi connectivity index (χ4n) is 2.64. The second kappa shape index (κ2) is 7.71. The van der Waals surface area contributed by atoms with Gasteiger partial charge in [0.2, 0.25) is 10.0 Å². The van der Waals surface area contributed by atoms with Crippen LogP contribution in [0, 0.1) is 0 Å². The van der Waals surface area contributed by atoms with Crippen molar-refractivity contribution in [2.45, 2.75) is 23.9 Å². The molecular weight excluding hydrogens is 394 g/mol. The van der Waals surface area contributed by atoms with Crippen LogP contribution < -0.4 is 15.4 Å². The first kappa shape index (κ1) is 19.4. The highest BCUT2D eigenvalue weighted by atomic mass is 32.2. The molecule has 0 unspecified atom stereocenters. The molecule has 3 N–H and O–H groups in total. The highest BCUT2D eigenvalue weighted by Gasteiger charge is 2.31. The lowest BCUT2D eigenvalue weighted by Crippen LogP contribution is -2.35. The maximum atomic E-state index is 12.4. The zero-order valence-corrected chi connectivity index (χ0v) is 15.8. The highest BCUT2D eigenvalue weighted by Crippen LogP contribution is 2.17. The Morgan fingerprint density at radius 3 is 2.52 bits per heavy atom. The predicted molar refractivity (Wildman–Crippen MR) is 98.4 cm³/mol. The first-order valence-corrected chi connectivity index (χ1v) is 11.4. The van der Waals surface area contributed by atoms with E-state index in [1.54, 1.807) is 6.07 Å². The average molecular weight is 413 g/mol. The van der Waals surface area contributed by atoms with E-state index in [0.29, 0.717) is 12.2 Å². The molecule has 1 aromatic heterocycles. The number of carbonyl (C=O) groups excluding carboxylic acids is 1. The molecule has 0 aliphatic carbocycles. The summed E-state index contributed by atoms with van der Waals surface area (Å²) < 4.78 is 54.9. The van der Waals surface area contributed by atoms with E-state index in [1.165, 1.54) is 36.8 Å². The van der Waals surface area contributed by atoms with Crippen molar-refractivity contribution in [3.63, 3.8) is 0 Å². The first-order chi connectivity index (χ1) is 12.7. The largest absolute Gasteiger partial charge is 0.472 e. The molecule has 27 heavy (non-hydrogen) atoms. The maximum absolute atomic E-state index is 12.4. The molecular formula is C16H19N3O6S2. The fraction of sp³-hybridized carbons (Fsp3) is 0.312. The molecule has 2 amide bonds. The van der Waals surface area contributed by atoms with Crippen molar-refractivity contribution >= 4 is 31.6 Å². The zero-order chi connectivity index (χ0) is 19.5. The number of rotatable bonds is 6. The number of nitrogens with one attached hydrogen (secondary N) is 3. The van der Waals surface area contributed by atoms with E-state index < -0.39 is 31.9 Å². The normalized spacial score (nSPS) is 18.9. The van der Waals surface area contributed by atoms with Crippen LogP contribution >= 0.6 is 0 Å². The van der Waals surface area contributed by atoms with Crippen molar-refractivity contribution in [1.82, 2.24) is 10.0 Å². The SMILES string of the molecule is O=C(NCc1ccoc1)Nc1ccc(S(=O)(=O)N[C@H]2CCS(=O)(=O)C2)cc1. The summed E-state index contributed by atoms with van der Waals surface area (Å²) >= 11 is 0. The molecule has 0 spiro atoms. The molecule has 1 aromatic carbocycles. The van der Waals surface area contributed by atoms with Gasteiger partial charge in [-0.3, -0.25) is 0 Å². The standard InChI is InChI=1S/C16H19N3O6S2/c20-16(17-9-12-5-7-25-10-12)18-13-1-3-15(4-2-13)27(23,24)19-14-6-8-26(21,22)11-14/h1-5,7,10,14,19H,6,8-9,11H2,(H2,17,18,20)/t14-/m0/s1. The number of carbonyl (C=O) groups is 1. The van der Waals surface area contributed by atoms with Crippen LogP contribution in [-0.2, 0) is 26.4 Å². The van der Waals surface area contributed by atoms with E-state index in [0.717, 1.165) is 5.56 Å². The van der Waals surface area contributed by atoms with Gasteiger partial charge in [0.25, 0.3) is 0 Å². The summed E-state index contributed by atoms with van der Waals surface area (Å²) in [4.78, 5) is 11.8. The molecule has 0 bridgehead atoms. The zero-order valence-electron chi connectivity index (χ0n) is 14.2. The van der Waals surface area contributed by atoms with Gasteiger partial charge >= 0.3 is 6.03 Å². The van der Waals surface area contributed by atoms with Crippen LogP contribution in [-0.4, -0.2) is 40.4 Å². The highest BCUT2D eigenvalue weighted by molar-refractivity contribution is 7.92. The summed E-state index contributed by atoms with van der Waals surface area (Å²) in [6.07, 6.45) is 3.28. The Morgan fingerprint density at radius 2 is 1.93 bits per heavy atom. The van der Waals surface area contributed by atoms with E-state index in [-0.39, 0.29) is 22.8 Å². The summed E-state index contributed by atoms with van der Waals surface area (Å²) in [5, 5.41) is 5.23. The molecule has 1 aliphatic heterocycles. The summed E-state index contributed by atoms with van der Waals surface area (Å²) in [7, 11) is -7.01. The summed E-state index contributed by atoms with van der Waals surface area (Å²) in [5.74, 6) is -0.209. The van der Waals surface area contributed by atoms with E-state index >= 15 is 0 Å². The summed E-state index contributed by atoms with van der Waals surface area (Å²) in [6, 6.07) is 6.26. The van der Waals surface area contributed by atoms with E-state index in [2.05, 4.69) is 15.4 Å². The van der Waals surface area contributed by atoms with Gasteiger partial charge in [0.05, 0.1) is 28.9 Å². The number of hydrogen-bond acceptors (Lipinski definition) is 6. The Kier molecular flexibility index (Phi) is 5.53. The van der Waals surface area contributed by atoms with E-state index in [4.69, 9.17) is 4.42 Å². The van der Waals surface area contributed by atoms with Gasteiger partial charge in [0.1, 0.15) is 0 Å². The minimum Gasteiger partial charge on any atom is -0.472 e. The molecule has 2 aromatic rings. The number of anilines is 1. The molecule has 3 rings (SSSR count). The van der Waals surface area contributed by atoms with Crippen molar-refractivity contribution < 1.29 is 26.0 Å². The van der Waals surface area contributed by atoms with Gasteiger partial charge in [-0.05, 0) is 36.8 Å². The van der Waals surface area contributed by atoms with Crippen LogP contribution in [0.2, 0.25) is 0 Å².